The molecule has 0 aliphatic rings. The Morgan fingerprint density at radius 2 is 1.57 bits per heavy atom. The van der Waals surface area contributed by atoms with Crippen LogP contribution in [0.1, 0.15) is 31.2 Å². The SMILES string of the molecule is OCCCCCCc1ccc(F)cc1. The number of aliphatic hydroxyl groups is 1. The van der Waals surface area contributed by atoms with Crippen LogP contribution in [0.3, 0.4) is 0 Å². The van der Waals surface area contributed by atoms with Crippen molar-refractivity contribution in [2.45, 2.75) is 32.1 Å². The van der Waals surface area contributed by atoms with E-state index >= 15 is 0 Å². The molecule has 0 amide bonds. The largest absolute Gasteiger partial charge is 0.396 e. The summed E-state index contributed by atoms with van der Waals surface area (Å²) in [5, 5.41) is 8.57. The van der Waals surface area contributed by atoms with Gasteiger partial charge in [0.05, 0.1) is 0 Å². The summed E-state index contributed by atoms with van der Waals surface area (Å²) in [5.74, 6) is -0.172. The van der Waals surface area contributed by atoms with Crippen molar-refractivity contribution in [1.82, 2.24) is 0 Å². The zero-order valence-electron chi connectivity index (χ0n) is 8.38. The molecule has 0 fully saturated rings. The van der Waals surface area contributed by atoms with E-state index < -0.39 is 0 Å². The first kappa shape index (κ1) is 11.2. The molecule has 0 aromatic heterocycles. The van der Waals surface area contributed by atoms with E-state index in [1.54, 1.807) is 0 Å². The van der Waals surface area contributed by atoms with Gasteiger partial charge in [0, 0.05) is 6.61 Å². The molecule has 1 aromatic rings. The minimum atomic E-state index is -0.172. The molecule has 0 radical (unpaired) electrons. The lowest BCUT2D eigenvalue weighted by Crippen LogP contribution is -1.88. The van der Waals surface area contributed by atoms with Gasteiger partial charge in [0.2, 0.25) is 0 Å². The molecule has 0 aliphatic heterocycles. The van der Waals surface area contributed by atoms with Crippen molar-refractivity contribution in [3.63, 3.8) is 0 Å². The minimum absolute atomic E-state index is 0.172. The fraction of sp³-hybridized carbons (Fsp3) is 0.500. The maximum Gasteiger partial charge on any atom is 0.123 e. The number of hydrogen-bond donors (Lipinski definition) is 1. The van der Waals surface area contributed by atoms with Gasteiger partial charge in [-0.1, -0.05) is 25.0 Å². The zero-order chi connectivity index (χ0) is 10.2. The summed E-state index contributed by atoms with van der Waals surface area (Å²) in [5.41, 5.74) is 1.19. The molecule has 14 heavy (non-hydrogen) atoms. The Kier molecular flexibility index (Phi) is 5.23. The minimum Gasteiger partial charge on any atom is -0.396 e. The third-order valence-corrected chi connectivity index (χ3v) is 2.29. The molecule has 1 rings (SSSR count). The highest BCUT2D eigenvalue weighted by Crippen LogP contribution is 2.08. The lowest BCUT2D eigenvalue weighted by Gasteiger charge is -2.00. The number of aryl methyl sites for hydroxylation is 1. The molecule has 0 bridgehead atoms. The van der Waals surface area contributed by atoms with E-state index in [1.165, 1.54) is 17.7 Å². The Morgan fingerprint density at radius 3 is 2.21 bits per heavy atom. The average Bonchev–Trinajstić information content (AvgIpc) is 2.21. The van der Waals surface area contributed by atoms with E-state index in [2.05, 4.69) is 0 Å². The van der Waals surface area contributed by atoms with Gasteiger partial charge in [-0.25, -0.2) is 4.39 Å². The topological polar surface area (TPSA) is 20.2 Å². The molecule has 0 saturated carbocycles. The summed E-state index contributed by atoms with van der Waals surface area (Å²) in [7, 11) is 0. The van der Waals surface area contributed by atoms with Crippen LogP contribution in [-0.2, 0) is 6.42 Å². The number of hydrogen-bond acceptors (Lipinski definition) is 1. The van der Waals surface area contributed by atoms with Crippen LogP contribution in [-0.4, -0.2) is 11.7 Å². The first-order valence-electron chi connectivity index (χ1n) is 5.18. The van der Waals surface area contributed by atoms with E-state index in [-0.39, 0.29) is 12.4 Å². The monoisotopic (exact) mass is 196 g/mol. The van der Waals surface area contributed by atoms with Crippen LogP contribution in [0.25, 0.3) is 0 Å². The smallest absolute Gasteiger partial charge is 0.123 e. The highest BCUT2D eigenvalue weighted by molar-refractivity contribution is 5.15. The van der Waals surface area contributed by atoms with Gasteiger partial charge in [0.15, 0.2) is 0 Å². The molecule has 0 spiro atoms. The van der Waals surface area contributed by atoms with Gasteiger partial charge >= 0.3 is 0 Å². The normalized spacial score (nSPS) is 10.4. The maximum atomic E-state index is 12.5. The molecule has 78 valence electrons. The van der Waals surface area contributed by atoms with Crippen molar-refractivity contribution in [2.24, 2.45) is 0 Å². The van der Waals surface area contributed by atoms with E-state index in [4.69, 9.17) is 5.11 Å². The van der Waals surface area contributed by atoms with E-state index in [0.29, 0.717) is 0 Å². The second kappa shape index (κ2) is 6.55. The van der Waals surface area contributed by atoms with Crippen LogP contribution >= 0.6 is 0 Å². The predicted molar refractivity (Wildman–Crippen MR) is 55.7 cm³/mol. The van der Waals surface area contributed by atoms with Gasteiger partial charge in [0.1, 0.15) is 5.82 Å². The van der Waals surface area contributed by atoms with Crippen molar-refractivity contribution in [3.05, 3.63) is 35.6 Å². The summed E-state index contributed by atoms with van der Waals surface area (Å²) in [6.45, 7) is 0.288. The van der Waals surface area contributed by atoms with Crippen molar-refractivity contribution >= 4 is 0 Å². The van der Waals surface area contributed by atoms with Crippen LogP contribution in [0.5, 0.6) is 0 Å². The Bertz CT molecular complexity index is 243. The number of rotatable bonds is 6. The highest BCUT2D eigenvalue weighted by atomic mass is 19.1. The van der Waals surface area contributed by atoms with Crippen molar-refractivity contribution in [3.8, 4) is 0 Å². The van der Waals surface area contributed by atoms with Crippen molar-refractivity contribution < 1.29 is 9.50 Å². The molecule has 1 nitrogen and oxygen atoms in total. The van der Waals surface area contributed by atoms with Gasteiger partial charge in [-0.2, -0.15) is 0 Å². The Labute approximate surface area is 84.6 Å². The Hall–Kier alpha value is -0.890. The second-order valence-corrected chi connectivity index (χ2v) is 3.51. The van der Waals surface area contributed by atoms with E-state index in [0.717, 1.165) is 32.1 Å². The summed E-state index contributed by atoms with van der Waals surface area (Å²) in [6, 6.07) is 6.68. The molecular weight excluding hydrogens is 179 g/mol. The van der Waals surface area contributed by atoms with Crippen LogP contribution in [0.2, 0.25) is 0 Å². The quantitative estimate of drug-likeness (QED) is 0.693. The van der Waals surface area contributed by atoms with E-state index in [1.807, 2.05) is 12.1 Å². The van der Waals surface area contributed by atoms with Crippen LogP contribution in [0.4, 0.5) is 4.39 Å². The number of halogens is 1. The van der Waals surface area contributed by atoms with Gasteiger partial charge in [-0.3, -0.25) is 0 Å². The van der Waals surface area contributed by atoms with Crippen LogP contribution in [0, 0.1) is 5.82 Å². The molecule has 0 aliphatic carbocycles. The summed E-state index contributed by atoms with van der Waals surface area (Å²) >= 11 is 0. The zero-order valence-corrected chi connectivity index (χ0v) is 8.38. The second-order valence-electron chi connectivity index (χ2n) is 3.51. The van der Waals surface area contributed by atoms with Gasteiger partial charge < -0.3 is 5.11 Å². The fourth-order valence-electron chi connectivity index (χ4n) is 1.45. The van der Waals surface area contributed by atoms with Crippen LogP contribution in [0.15, 0.2) is 24.3 Å². The maximum absolute atomic E-state index is 12.5. The third-order valence-electron chi connectivity index (χ3n) is 2.29. The number of aliphatic hydroxyl groups excluding tert-OH is 1. The summed E-state index contributed by atoms with van der Waals surface area (Å²) in [4.78, 5) is 0. The first-order chi connectivity index (χ1) is 6.83. The van der Waals surface area contributed by atoms with Gasteiger partial charge in [0.25, 0.3) is 0 Å². The third kappa shape index (κ3) is 4.38. The predicted octanol–water partition coefficient (Wildman–Crippen LogP) is 2.92. The van der Waals surface area contributed by atoms with Crippen molar-refractivity contribution in [1.29, 1.82) is 0 Å². The summed E-state index contributed by atoms with van der Waals surface area (Å²) < 4.78 is 12.5. The standard InChI is InChI=1S/C12H17FO/c13-12-8-6-11(7-9-12)5-3-1-2-4-10-14/h6-9,14H,1-5,10H2. The van der Waals surface area contributed by atoms with Gasteiger partial charge in [-0.15, -0.1) is 0 Å². The van der Waals surface area contributed by atoms with Crippen molar-refractivity contribution in [2.75, 3.05) is 6.61 Å². The van der Waals surface area contributed by atoms with Crippen LogP contribution < -0.4 is 0 Å². The molecule has 1 N–H and O–H groups in total. The van der Waals surface area contributed by atoms with Gasteiger partial charge in [-0.05, 0) is 37.0 Å². The molecular formula is C12H17FO. The Morgan fingerprint density at radius 1 is 0.929 bits per heavy atom. The number of benzene rings is 1. The first-order valence-corrected chi connectivity index (χ1v) is 5.18. The highest BCUT2D eigenvalue weighted by Gasteiger charge is 1.94. The molecule has 0 atom stereocenters. The average molecular weight is 196 g/mol. The molecule has 1 aromatic carbocycles. The molecule has 0 unspecified atom stereocenters. The molecule has 0 saturated heterocycles. The van der Waals surface area contributed by atoms with E-state index in [9.17, 15) is 4.39 Å². The molecule has 0 heterocycles. The fourth-order valence-corrected chi connectivity index (χ4v) is 1.45. The number of unbranched alkanes of at least 4 members (excludes halogenated alkanes) is 3. The lowest BCUT2D eigenvalue weighted by molar-refractivity contribution is 0.282. The lowest BCUT2D eigenvalue weighted by atomic mass is 10.1. The Balaban J connectivity index is 2.15. The summed E-state index contributed by atoms with van der Waals surface area (Å²) in [6.07, 6.45) is 5.23. The molecule has 2 heteroatoms.